The molecule has 0 atom stereocenters. The van der Waals surface area contributed by atoms with Crippen LogP contribution in [0.25, 0.3) is 0 Å². The number of nitrogen functional groups attached to an aromatic ring is 1. The Morgan fingerprint density at radius 2 is 1.82 bits per heavy atom. The van der Waals surface area contributed by atoms with Gasteiger partial charge in [-0.2, -0.15) is 0 Å². The van der Waals surface area contributed by atoms with Gasteiger partial charge in [0.1, 0.15) is 11.4 Å². The lowest BCUT2D eigenvalue weighted by molar-refractivity contribution is -0.140. The second kappa shape index (κ2) is 9.02. The van der Waals surface area contributed by atoms with Gasteiger partial charge in [0.25, 0.3) is 0 Å². The van der Waals surface area contributed by atoms with Crippen molar-refractivity contribution in [3.8, 4) is 0 Å². The minimum absolute atomic E-state index is 0.0699. The topological polar surface area (TPSA) is 94.8 Å². The SMILES string of the molecule is Nc1cc(CN2CCC(C(=O)N3CCC4(CC3)C(=O)NCN4c3ccccc3)CC2)ccn1. The van der Waals surface area contributed by atoms with Crippen molar-refractivity contribution < 1.29 is 9.59 Å². The number of carbonyl (C=O) groups excluding carboxylic acids is 2. The molecule has 8 nitrogen and oxygen atoms in total. The molecule has 1 aromatic heterocycles. The number of rotatable bonds is 4. The van der Waals surface area contributed by atoms with Gasteiger partial charge in [-0.25, -0.2) is 4.98 Å². The van der Waals surface area contributed by atoms with Crippen LogP contribution in [0.4, 0.5) is 11.5 Å². The molecule has 3 fully saturated rings. The van der Waals surface area contributed by atoms with Crippen LogP contribution < -0.4 is 16.0 Å². The maximum absolute atomic E-state index is 13.3. The van der Waals surface area contributed by atoms with Crippen molar-refractivity contribution >= 4 is 23.3 Å². The summed E-state index contributed by atoms with van der Waals surface area (Å²) in [7, 11) is 0. The average Bonchev–Trinajstić information content (AvgIpc) is 3.15. The van der Waals surface area contributed by atoms with E-state index < -0.39 is 5.54 Å². The largest absolute Gasteiger partial charge is 0.384 e. The van der Waals surface area contributed by atoms with E-state index in [0.717, 1.165) is 43.7 Å². The molecule has 174 valence electrons. The summed E-state index contributed by atoms with van der Waals surface area (Å²) in [6.07, 6.45) is 4.83. The highest BCUT2D eigenvalue weighted by atomic mass is 16.2. The van der Waals surface area contributed by atoms with Gasteiger partial charge in [-0.1, -0.05) is 18.2 Å². The van der Waals surface area contributed by atoms with Crippen LogP contribution >= 0.6 is 0 Å². The zero-order valence-corrected chi connectivity index (χ0v) is 18.9. The Hall–Kier alpha value is -3.13. The first-order valence-corrected chi connectivity index (χ1v) is 11.9. The van der Waals surface area contributed by atoms with E-state index in [4.69, 9.17) is 5.73 Å². The fourth-order valence-electron chi connectivity index (χ4n) is 5.58. The molecule has 3 aliphatic rings. The number of amides is 2. The third-order valence-electron chi connectivity index (χ3n) is 7.50. The molecule has 3 N–H and O–H groups in total. The van der Waals surface area contributed by atoms with Crippen LogP contribution in [0.15, 0.2) is 48.7 Å². The van der Waals surface area contributed by atoms with Gasteiger partial charge >= 0.3 is 0 Å². The number of aromatic nitrogens is 1. The van der Waals surface area contributed by atoms with E-state index in [0.29, 0.717) is 38.4 Å². The van der Waals surface area contributed by atoms with Crippen molar-refractivity contribution in [3.05, 3.63) is 54.2 Å². The molecule has 0 radical (unpaired) electrons. The molecular formula is C25H32N6O2. The highest BCUT2D eigenvalue weighted by Gasteiger charge is 2.51. The molecule has 0 saturated carbocycles. The molecule has 1 aromatic carbocycles. The second-order valence-corrected chi connectivity index (χ2v) is 9.42. The quantitative estimate of drug-likeness (QED) is 0.741. The first kappa shape index (κ1) is 21.7. The highest BCUT2D eigenvalue weighted by Crippen LogP contribution is 2.37. The molecule has 33 heavy (non-hydrogen) atoms. The fraction of sp³-hybridized carbons (Fsp3) is 0.480. The number of hydrogen-bond donors (Lipinski definition) is 2. The minimum Gasteiger partial charge on any atom is -0.384 e. The van der Waals surface area contributed by atoms with E-state index in [2.05, 4.69) is 20.1 Å². The monoisotopic (exact) mass is 448 g/mol. The molecule has 4 heterocycles. The number of hydrogen-bond acceptors (Lipinski definition) is 6. The Bertz CT molecular complexity index is 997. The number of piperidine rings is 2. The average molecular weight is 449 g/mol. The first-order valence-electron chi connectivity index (χ1n) is 11.9. The predicted octanol–water partition coefficient (Wildman–Crippen LogP) is 1.83. The smallest absolute Gasteiger partial charge is 0.247 e. The zero-order chi connectivity index (χ0) is 22.8. The van der Waals surface area contributed by atoms with Crippen LogP contribution in [0.3, 0.4) is 0 Å². The van der Waals surface area contributed by atoms with Crippen LogP contribution in [0.5, 0.6) is 0 Å². The number of nitrogens with zero attached hydrogens (tertiary/aromatic N) is 4. The highest BCUT2D eigenvalue weighted by molar-refractivity contribution is 5.93. The predicted molar refractivity (Wildman–Crippen MR) is 127 cm³/mol. The normalized spacial score (nSPS) is 21.4. The molecule has 0 aliphatic carbocycles. The Morgan fingerprint density at radius 3 is 2.52 bits per heavy atom. The second-order valence-electron chi connectivity index (χ2n) is 9.42. The summed E-state index contributed by atoms with van der Waals surface area (Å²) in [5, 5.41) is 3.03. The van der Waals surface area contributed by atoms with Crippen LogP contribution in [-0.4, -0.2) is 65.0 Å². The van der Waals surface area contributed by atoms with Gasteiger partial charge in [-0.15, -0.1) is 0 Å². The summed E-state index contributed by atoms with van der Waals surface area (Å²) >= 11 is 0. The lowest BCUT2D eigenvalue weighted by atomic mass is 9.84. The zero-order valence-electron chi connectivity index (χ0n) is 18.9. The summed E-state index contributed by atoms with van der Waals surface area (Å²) < 4.78 is 0. The summed E-state index contributed by atoms with van der Waals surface area (Å²) in [5.74, 6) is 0.952. The number of nitrogens with one attached hydrogen (secondary N) is 1. The molecule has 2 amide bonds. The number of benzene rings is 1. The number of likely N-dealkylation sites (tertiary alicyclic amines) is 2. The molecular weight excluding hydrogens is 416 g/mol. The lowest BCUT2D eigenvalue weighted by Gasteiger charge is -2.44. The standard InChI is InChI=1S/C25H32N6O2/c26-22-16-19(6-11-27-22)17-29-12-7-20(8-13-29)23(32)30-14-9-25(10-15-30)24(33)28-18-31(25)21-4-2-1-3-5-21/h1-6,11,16,20H,7-10,12-15,17-18H2,(H2,26,27)(H,28,33). The summed E-state index contributed by atoms with van der Waals surface area (Å²) in [5.41, 5.74) is 7.46. The van der Waals surface area contributed by atoms with Gasteiger partial charge in [0.05, 0.1) is 6.67 Å². The van der Waals surface area contributed by atoms with Crippen molar-refractivity contribution in [2.45, 2.75) is 37.8 Å². The van der Waals surface area contributed by atoms with Gasteiger partial charge in [0.15, 0.2) is 0 Å². The van der Waals surface area contributed by atoms with Gasteiger partial charge in [0, 0.05) is 37.4 Å². The van der Waals surface area contributed by atoms with Crippen LogP contribution in [0.2, 0.25) is 0 Å². The number of nitrogens with two attached hydrogens (primary N) is 1. The molecule has 3 saturated heterocycles. The number of pyridine rings is 1. The first-order chi connectivity index (χ1) is 16.0. The molecule has 0 unspecified atom stereocenters. The van der Waals surface area contributed by atoms with E-state index in [-0.39, 0.29) is 17.7 Å². The summed E-state index contributed by atoms with van der Waals surface area (Å²) in [6, 6.07) is 14.0. The van der Waals surface area contributed by atoms with Gasteiger partial charge in [0.2, 0.25) is 11.8 Å². The summed E-state index contributed by atoms with van der Waals surface area (Å²) in [6.45, 7) is 4.43. The molecule has 2 aromatic rings. The molecule has 8 heteroatoms. The fourth-order valence-corrected chi connectivity index (χ4v) is 5.58. The maximum atomic E-state index is 13.3. The molecule has 5 rings (SSSR count). The summed E-state index contributed by atoms with van der Waals surface area (Å²) in [4.78, 5) is 36.7. The molecule has 1 spiro atoms. The van der Waals surface area contributed by atoms with Crippen molar-refractivity contribution in [3.63, 3.8) is 0 Å². The van der Waals surface area contributed by atoms with E-state index in [1.54, 1.807) is 6.20 Å². The Labute approximate surface area is 194 Å². The van der Waals surface area contributed by atoms with Gasteiger partial charge < -0.3 is 20.9 Å². The van der Waals surface area contributed by atoms with E-state index >= 15 is 0 Å². The third kappa shape index (κ3) is 4.27. The number of para-hydroxylation sites is 1. The van der Waals surface area contributed by atoms with Gasteiger partial charge in [-0.3, -0.25) is 14.5 Å². The number of carbonyl (C=O) groups is 2. The molecule has 0 bridgehead atoms. The Balaban J connectivity index is 1.16. The Kier molecular flexibility index (Phi) is 5.93. The number of anilines is 2. The van der Waals surface area contributed by atoms with Crippen molar-refractivity contribution in [1.29, 1.82) is 0 Å². The van der Waals surface area contributed by atoms with Crippen molar-refractivity contribution in [2.75, 3.05) is 43.5 Å². The minimum atomic E-state index is -0.548. The maximum Gasteiger partial charge on any atom is 0.247 e. The van der Waals surface area contributed by atoms with Crippen LogP contribution in [0.1, 0.15) is 31.2 Å². The lowest BCUT2D eigenvalue weighted by Crippen LogP contribution is -2.58. The Morgan fingerprint density at radius 1 is 1.09 bits per heavy atom. The van der Waals surface area contributed by atoms with E-state index in [9.17, 15) is 9.59 Å². The van der Waals surface area contributed by atoms with Crippen LogP contribution in [0, 0.1) is 5.92 Å². The van der Waals surface area contributed by atoms with Crippen molar-refractivity contribution in [1.82, 2.24) is 20.1 Å². The third-order valence-corrected chi connectivity index (χ3v) is 7.50. The van der Waals surface area contributed by atoms with E-state index in [1.165, 1.54) is 0 Å². The van der Waals surface area contributed by atoms with Crippen LogP contribution in [-0.2, 0) is 16.1 Å². The molecule has 3 aliphatic heterocycles. The van der Waals surface area contributed by atoms with Gasteiger partial charge in [-0.05, 0) is 68.6 Å². The van der Waals surface area contributed by atoms with E-state index in [1.807, 2.05) is 47.4 Å². The van der Waals surface area contributed by atoms with Crippen molar-refractivity contribution in [2.24, 2.45) is 5.92 Å².